The lowest BCUT2D eigenvalue weighted by molar-refractivity contribution is -0.149. The minimum Gasteiger partial charge on any atom is -0.481 e. The number of carboxylic acids is 1. The number of esters is 1. The largest absolute Gasteiger partial charge is 0.481 e. The molecule has 0 bridgehead atoms. The summed E-state index contributed by atoms with van der Waals surface area (Å²) in [6.45, 7) is 4.29. The van der Waals surface area contributed by atoms with Crippen LogP contribution in [0, 0.1) is 0 Å². The highest BCUT2D eigenvalue weighted by molar-refractivity contribution is 5.69. The second-order valence-corrected chi connectivity index (χ2v) is 12.0. The maximum absolute atomic E-state index is 12.3. The Hall–Kier alpha value is -1.84. The quantitative estimate of drug-likeness (QED) is 0.0482. The van der Waals surface area contributed by atoms with Gasteiger partial charge >= 0.3 is 11.9 Å². The average molecular weight is 589 g/mol. The topological polar surface area (TPSA) is 63.6 Å². The zero-order valence-electron chi connectivity index (χ0n) is 27.8. The van der Waals surface area contributed by atoms with Crippen LogP contribution in [-0.4, -0.2) is 23.1 Å². The number of rotatable bonds is 32. The van der Waals surface area contributed by atoms with Crippen LogP contribution in [0.2, 0.25) is 0 Å². The molecular weight excluding hydrogens is 520 g/mol. The van der Waals surface area contributed by atoms with Crippen molar-refractivity contribution < 1.29 is 19.4 Å². The third kappa shape index (κ3) is 32.7. The molecule has 0 aromatic carbocycles. The Morgan fingerprint density at radius 1 is 0.548 bits per heavy atom. The van der Waals surface area contributed by atoms with Crippen molar-refractivity contribution in [1.29, 1.82) is 0 Å². The van der Waals surface area contributed by atoms with E-state index in [1.165, 1.54) is 96.3 Å². The molecule has 0 aromatic rings. The molecule has 244 valence electrons. The van der Waals surface area contributed by atoms with E-state index in [9.17, 15) is 9.59 Å². The fourth-order valence-corrected chi connectivity index (χ4v) is 5.25. The van der Waals surface area contributed by atoms with Gasteiger partial charge in [0.25, 0.3) is 0 Å². The molecular formula is C38H68O4. The summed E-state index contributed by atoms with van der Waals surface area (Å²) >= 11 is 0. The fourth-order valence-electron chi connectivity index (χ4n) is 5.25. The van der Waals surface area contributed by atoms with E-state index in [1.54, 1.807) is 0 Å². The summed E-state index contributed by atoms with van der Waals surface area (Å²) in [5, 5.41) is 8.64. The normalized spacial score (nSPS) is 12.6. The summed E-state index contributed by atoms with van der Waals surface area (Å²) < 4.78 is 5.77. The molecule has 0 spiro atoms. The number of allylic oxidation sites excluding steroid dienone is 6. The van der Waals surface area contributed by atoms with Crippen molar-refractivity contribution in [3.05, 3.63) is 36.5 Å². The summed E-state index contributed by atoms with van der Waals surface area (Å²) in [7, 11) is 0. The van der Waals surface area contributed by atoms with Gasteiger partial charge < -0.3 is 9.84 Å². The van der Waals surface area contributed by atoms with Gasteiger partial charge in [0.05, 0.1) is 0 Å². The number of hydrogen-bond donors (Lipinski definition) is 1. The van der Waals surface area contributed by atoms with E-state index in [-0.39, 0.29) is 12.1 Å². The first-order chi connectivity index (χ1) is 20.6. The predicted octanol–water partition coefficient (Wildman–Crippen LogP) is 12.2. The van der Waals surface area contributed by atoms with E-state index >= 15 is 0 Å². The van der Waals surface area contributed by atoms with Crippen molar-refractivity contribution in [2.75, 3.05) is 0 Å². The number of hydrogen-bond acceptors (Lipinski definition) is 3. The molecule has 1 unspecified atom stereocenters. The molecule has 0 heterocycles. The van der Waals surface area contributed by atoms with Crippen molar-refractivity contribution in [2.24, 2.45) is 0 Å². The van der Waals surface area contributed by atoms with Gasteiger partial charge in [-0.2, -0.15) is 0 Å². The molecule has 0 radical (unpaired) electrons. The van der Waals surface area contributed by atoms with Crippen molar-refractivity contribution >= 4 is 11.9 Å². The van der Waals surface area contributed by atoms with Crippen LogP contribution in [0.4, 0.5) is 0 Å². The lowest BCUT2D eigenvalue weighted by Gasteiger charge is -2.16. The van der Waals surface area contributed by atoms with Crippen LogP contribution in [0.3, 0.4) is 0 Å². The molecule has 0 aliphatic heterocycles. The van der Waals surface area contributed by atoms with Gasteiger partial charge in [-0.1, -0.05) is 147 Å². The minimum absolute atomic E-state index is 0.00112. The Morgan fingerprint density at radius 3 is 1.48 bits per heavy atom. The zero-order chi connectivity index (χ0) is 30.8. The molecule has 0 fully saturated rings. The van der Waals surface area contributed by atoms with Crippen molar-refractivity contribution in [1.82, 2.24) is 0 Å². The number of unbranched alkanes of at least 4 members (excludes halogenated alkanes) is 18. The first-order valence-corrected chi connectivity index (χ1v) is 18.0. The summed E-state index contributed by atoms with van der Waals surface area (Å²) in [6, 6.07) is 0. The van der Waals surface area contributed by atoms with Gasteiger partial charge in [-0.05, 0) is 64.2 Å². The molecule has 4 heteroatoms. The van der Waals surface area contributed by atoms with Gasteiger partial charge in [0.15, 0.2) is 0 Å². The molecule has 42 heavy (non-hydrogen) atoms. The SMILES string of the molecule is CC/C=C\C/C=C\C/C=C\CCCCCCCC(=O)OC(CC)CCCCCCCCCCCCCCCCC(=O)O. The molecule has 0 amide bonds. The highest BCUT2D eigenvalue weighted by atomic mass is 16.5. The Balaban J connectivity index is 3.47. The van der Waals surface area contributed by atoms with Gasteiger partial charge in [0.1, 0.15) is 6.10 Å². The van der Waals surface area contributed by atoms with Crippen LogP contribution in [-0.2, 0) is 14.3 Å². The van der Waals surface area contributed by atoms with E-state index < -0.39 is 5.97 Å². The summed E-state index contributed by atoms with van der Waals surface area (Å²) in [5.74, 6) is -0.667. The van der Waals surface area contributed by atoms with Crippen molar-refractivity contribution in [3.63, 3.8) is 0 Å². The van der Waals surface area contributed by atoms with Crippen LogP contribution in [0.15, 0.2) is 36.5 Å². The number of carbonyl (C=O) groups is 2. The standard InChI is InChI=1S/C38H68O4/c1-3-5-6-7-8-9-10-11-12-17-20-23-26-29-32-35-38(41)42-36(4-2)33-30-27-24-21-18-15-13-14-16-19-22-25-28-31-34-37(39)40/h5-6,8-9,11-12,36H,3-4,7,10,13-35H2,1-2H3,(H,39,40)/b6-5-,9-8-,12-11-. The number of ether oxygens (including phenoxy) is 1. The maximum atomic E-state index is 12.3. The highest BCUT2D eigenvalue weighted by Crippen LogP contribution is 2.16. The van der Waals surface area contributed by atoms with Crippen LogP contribution in [0.5, 0.6) is 0 Å². The molecule has 4 nitrogen and oxygen atoms in total. The van der Waals surface area contributed by atoms with Crippen LogP contribution >= 0.6 is 0 Å². The van der Waals surface area contributed by atoms with Crippen molar-refractivity contribution in [3.8, 4) is 0 Å². The minimum atomic E-state index is -0.668. The molecule has 0 saturated heterocycles. The monoisotopic (exact) mass is 589 g/mol. The van der Waals surface area contributed by atoms with E-state index in [4.69, 9.17) is 9.84 Å². The highest BCUT2D eigenvalue weighted by Gasteiger charge is 2.12. The lowest BCUT2D eigenvalue weighted by atomic mass is 10.0. The molecule has 0 aliphatic rings. The molecule has 0 aromatic heterocycles. The molecule has 1 N–H and O–H groups in total. The number of carboxylic acid groups (broad SMARTS) is 1. The van der Waals surface area contributed by atoms with Gasteiger partial charge in [-0.3, -0.25) is 9.59 Å². The van der Waals surface area contributed by atoms with E-state index in [2.05, 4.69) is 50.3 Å². The molecule has 0 saturated carbocycles. The number of carbonyl (C=O) groups excluding carboxylic acids is 1. The smallest absolute Gasteiger partial charge is 0.306 e. The Morgan fingerprint density at radius 2 is 0.976 bits per heavy atom. The van der Waals surface area contributed by atoms with Gasteiger partial charge in [0, 0.05) is 12.8 Å². The Labute approximate surface area is 260 Å². The third-order valence-corrected chi connectivity index (χ3v) is 7.95. The van der Waals surface area contributed by atoms with E-state index in [0.717, 1.165) is 64.2 Å². The van der Waals surface area contributed by atoms with E-state index in [1.807, 2.05) is 0 Å². The summed E-state index contributed by atoms with van der Waals surface area (Å²) in [5.41, 5.74) is 0. The second-order valence-electron chi connectivity index (χ2n) is 12.0. The van der Waals surface area contributed by atoms with E-state index in [0.29, 0.717) is 12.8 Å². The Kier molecular flexibility index (Phi) is 32.2. The fraction of sp³-hybridized carbons (Fsp3) is 0.789. The van der Waals surface area contributed by atoms with Gasteiger partial charge in [-0.15, -0.1) is 0 Å². The first kappa shape index (κ1) is 40.2. The lowest BCUT2D eigenvalue weighted by Crippen LogP contribution is -2.17. The van der Waals surface area contributed by atoms with Crippen LogP contribution in [0.25, 0.3) is 0 Å². The van der Waals surface area contributed by atoms with Crippen molar-refractivity contribution in [2.45, 2.75) is 193 Å². The second kappa shape index (κ2) is 33.7. The number of aliphatic carboxylic acids is 1. The van der Waals surface area contributed by atoms with Gasteiger partial charge in [0.2, 0.25) is 0 Å². The zero-order valence-corrected chi connectivity index (χ0v) is 27.8. The average Bonchev–Trinajstić information content (AvgIpc) is 2.98. The maximum Gasteiger partial charge on any atom is 0.306 e. The molecule has 1 atom stereocenters. The summed E-state index contributed by atoms with van der Waals surface area (Å²) in [4.78, 5) is 22.8. The summed E-state index contributed by atoms with van der Waals surface area (Å²) in [6.07, 6.45) is 43.9. The van der Waals surface area contributed by atoms with Crippen LogP contribution in [0.1, 0.15) is 187 Å². The molecule has 0 aliphatic carbocycles. The molecule has 0 rings (SSSR count). The van der Waals surface area contributed by atoms with Crippen LogP contribution < -0.4 is 0 Å². The predicted molar refractivity (Wildman–Crippen MR) is 181 cm³/mol. The Bertz CT molecular complexity index is 679. The third-order valence-electron chi connectivity index (χ3n) is 7.95. The van der Waals surface area contributed by atoms with Gasteiger partial charge in [-0.25, -0.2) is 0 Å². The first-order valence-electron chi connectivity index (χ1n) is 18.0.